The van der Waals surface area contributed by atoms with Crippen molar-refractivity contribution in [3.8, 4) is 0 Å². The van der Waals surface area contributed by atoms with E-state index in [9.17, 15) is 13.6 Å². The monoisotopic (exact) mass is 352 g/mol. The van der Waals surface area contributed by atoms with Crippen LogP contribution in [-0.4, -0.2) is 56.7 Å². The zero-order valence-corrected chi connectivity index (χ0v) is 14.6. The number of benzene rings is 1. The Hall–Kier alpha value is -1.89. The van der Waals surface area contributed by atoms with Crippen molar-refractivity contribution >= 4 is 11.7 Å². The maximum absolute atomic E-state index is 13.4. The lowest BCUT2D eigenvalue weighted by Gasteiger charge is -2.30. The molecular formula is C18H26F2N4O. The molecular weight excluding hydrogens is 326 g/mol. The van der Waals surface area contributed by atoms with Crippen LogP contribution >= 0.6 is 0 Å². The summed E-state index contributed by atoms with van der Waals surface area (Å²) in [6.07, 6.45) is 3.05. The molecule has 0 aromatic heterocycles. The van der Waals surface area contributed by atoms with Gasteiger partial charge in [0.1, 0.15) is 0 Å². The van der Waals surface area contributed by atoms with Crippen molar-refractivity contribution < 1.29 is 13.6 Å². The molecule has 0 aliphatic carbocycles. The Labute approximate surface area is 147 Å². The van der Waals surface area contributed by atoms with Crippen LogP contribution in [0.15, 0.2) is 18.2 Å². The van der Waals surface area contributed by atoms with Crippen LogP contribution in [0.2, 0.25) is 0 Å². The number of carbonyl (C=O) groups excluding carboxylic acids is 1. The summed E-state index contributed by atoms with van der Waals surface area (Å²) >= 11 is 0. The summed E-state index contributed by atoms with van der Waals surface area (Å²) in [5, 5.41) is 5.98. The molecule has 1 aromatic carbocycles. The van der Waals surface area contributed by atoms with E-state index >= 15 is 0 Å². The van der Waals surface area contributed by atoms with E-state index in [2.05, 4.69) is 22.6 Å². The Morgan fingerprint density at radius 1 is 1.20 bits per heavy atom. The molecule has 7 heteroatoms. The molecule has 0 saturated carbocycles. The lowest BCUT2D eigenvalue weighted by molar-refractivity contribution is 0.208. The minimum absolute atomic E-state index is 0.119. The molecule has 25 heavy (non-hydrogen) atoms. The van der Waals surface area contributed by atoms with Crippen LogP contribution in [0.5, 0.6) is 0 Å². The quantitative estimate of drug-likeness (QED) is 0.873. The first kappa shape index (κ1) is 17.9. The van der Waals surface area contributed by atoms with Gasteiger partial charge in [0, 0.05) is 44.0 Å². The topological polar surface area (TPSA) is 47.6 Å². The maximum Gasteiger partial charge on any atom is 0.315 e. The third-order valence-corrected chi connectivity index (χ3v) is 5.07. The first-order valence-electron chi connectivity index (χ1n) is 8.94. The first-order valence-corrected chi connectivity index (χ1v) is 8.94. The number of hydrogen-bond acceptors (Lipinski definition) is 3. The molecule has 2 fully saturated rings. The molecule has 2 aliphatic rings. The van der Waals surface area contributed by atoms with E-state index in [0.29, 0.717) is 18.2 Å². The normalized spacial score (nSPS) is 24.4. The van der Waals surface area contributed by atoms with E-state index in [1.54, 1.807) is 6.07 Å². The summed E-state index contributed by atoms with van der Waals surface area (Å²) in [5.74, 6) is -1.34. The van der Waals surface area contributed by atoms with Crippen molar-refractivity contribution in [2.75, 3.05) is 44.7 Å². The molecule has 3 rings (SSSR count). The van der Waals surface area contributed by atoms with Gasteiger partial charge in [0.25, 0.3) is 0 Å². The molecule has 0 radical (unpaired) electrons. The molecule has 2 saturated heterocycles. The summed E-state index contributed by atoms with van der Waals surface area (Å²) in [4.78, 5) is 16.3. The van der Waals surface area contributed by atoms with Crippen molar-refractivity contribution in [1.29, 1.82) is 0 Å². The van der Waals surface area contributed by atoms with Crippen LogP contribution in [0, 0.1) is 17.6 Å². The first-order chi connectivity index (χ1) is 12.0. The van der Waals surface area contributed by atoms with Crippen molar-refractivity contribution in [2.45, 2.75) is 25.3 Å². The third-order valence-electron chi connectivity index (χ3n) is 5.07. The zero-order chi connectivity index (χ0) is 17.8. The highest BCUT2D eigenvalue weighted by Crippen LogP contribution is 2.25. The van der Waals surface area contributed by atoms with Gasteiger partial charge in [-0.2, -0.15) is 0 Å². The second-order valence-electron chi connectivity index (χ2n) is 7.15. The average Bonchev–Trinajstić information content (AvgIpc) is 3.04. The van der Waals surface area contributed by atoms with E-state index in [1.165, 1.54) is 6.07 Å². The number of halogens is 2. The largest absolute Gasteiger partial charge is 0.371 e. The van der Waals surface area contributed by atoms with Crippen molar-refractivity contribution in [2.24, 2.45) is 5.92 Å². The number of likely N-dealkylation sites (N-methyl/N-ethyl adjacent to an activating group) is 1. The maximum atomic E-state index is 13.4. The van der Waals surface area contributed by atoms with Gasteiger partial charge in [-0.15, -0.1) is 0 Å². The van der Waals surface area contributed by atoms with E-state index < -0.39 is 11.6 Å². The SMILES string of the molecule is CN1CCC[C@@H](NC(=O)NC[C@H]2CCN(c3ccc(F)c(F)c3)C2)C1. The molecule has 5 nitrogen and oxygen atoms in total. The number of rotatable bonds is 4. The van der Waals surface area contributed by atoms with Crippen LogP contribution in [0.3, 0.4) is 0 Å². The van der Waals surface area contributed by atoms with Gasteiger partial charge >= 0.3 is 6.03 Å². The summed E-state index contributed by atoms with van der Waals surface area (Å²) < 4.78 is 26.4. The van der Waals surface area contributed by atoms with Gasteiger partial charge in [-0.1, -0.05) is 0 Å². The number of hydrogen-bond donors (Lipinski definition) is 2. The predicted molar refractivity (Wildman–Crippen MR) is 93.7 cm³/mol. The lowest BCUT2D eigenvalue weighted by Crippen LogP contribution is -2.50. The Bertz CT molecular complexity index is 613. The van der Waals surface area contributed by atoms with E-state index in [4.69, 9.17) is 0 Å². The fraction of sp³-hybridized carbons (Fsp3) is 0.611. The number of nitrogens with one attached hydrogen (secondary N) is 2. The number of likely N-dealkylation sites (tertiary alicyclic amines) is 1. The van der Waals surface area contributed by atoms with Gasteiger partial charge in [0.2, 0.25) is 0 Å². The van der Waals surface area contributed by atoms with Crippen LogP contribution < -0.4 is 15.5 Å². The number of piperidine rings is 1. The Morgan fingerprint density at radius 3 is 2.80 bits per heavy atom. The van der Waals surface area contributed by atoms with Crippen molar-refractivity contribution in [1.82, 2.24) is 15.5 Å². The van der Waals surface area contributed by atoms with E-state index in [1.807, 2.05) is 4.90 Å². The van der Waals surface area contributed by atoms with E-state index in [-0.39, 0.29) is 12.1 Å². The standard InChI is InChI=1S/C18H26F2N4O/c1-23-7-2-3-14(12-23)22-18(25)21-10-13-6-8-24(11-13)15-4-5-16(19)17(20)9-15/h4-5,9,13-14H,2-3,6-8,10-12H2,1H3,(H2,21,22,25)/t13-,14-/m1/s1. The summed E-state index contributed by atoms with van der Waals surface area (Å²) in [6.45, 7) is 4.08. The number of amides is 2. The average molecular weight is 352 g/mol. The predicted octanol–water partition coefficient (Wildman–Crippen LogP) is 2.18. The molecule has 0 bridgehead atoms. The number of carbonyl (C=O) groups is 1. The van der Waals surface area contributed by atoms with Crippen LogP contribution in [0.25, 0.3) is 0 Å². The fourth-order valence-electron chi connectivity index (χ4n) is 3.67. The highest BCUT2D eigenvalue weighted by Gasteiger charge is 2.24. The van der Waals surface area contributed by atoms with Crippen LogP contribution in [-0.2, 0) is 0 Å². The molecule has 1 aromatic rings. The van der Waals surface area contributed by atoms with Crippen LogP contribution in [0.1, 0.15) is 19.3 Å². The number of anilines is 1. The smallest absolute Gasteiger partial charge is 0.315 e. The molecule has 138 valence electrons. The fourth-order valence-corrected chi connectivity index (χ4v) is 3.67. The summed E-state index contributed by atoms with van der Waals surface area (Å²) in [7, 11) is 2.07. The second-order valence-corrected chi connectivity index (χ2v) is 7.15. The van der Waals surface area contributed by atoms with Crippen LogP contribution in [0.4, 0.5) is 19.3 Å². The Morgan fingerprint density at radius 2 is 2.04 bits per heavy atom. The van der Waals surface area contributed by atoms with Gasteiger partial charge in [0.15, 0.2) is 11.6 Å². The summed E-state index contributed by atoms with van der Waals surface area (Å²) in [5.41, 5.74) is 0.691. The highest BCUT2D eigenvalue weighted by atomic mass is 19.2. The number of urea groups is 1. The Balaban J connectivity index is 1.42. The molecule has 2 heterocycles. The van der Waals surface area contributed by atoms with Gasteiger partial charge in [-0.05, 0) is 50.9 Å². The minimum Gasteiger partial charge on any atom is -0.371 e. The van der Waals surface area contributed by atoms with Crippen molar-refractivity contribution in [3.63, 3.8) is 0 Å². The molecule has 2 atom stereocenters. The van der Waals surface area contributed by atoms with Gasteiger partial charge in [-0.3, -0.25) is 0 Å². The van der Waals surface area contributed by atoms with E-state index in [0.717, 1.165) is 51.5 Å². The van der Waals surface area contributed by atoms with Gasteiger partial charge in [-0.25, -0.2) is 13.6 Å². The zero-order valence-electron chi connectivity index (χ0n) is 14.6. The molecule has 2 amide bonds. The molecule has 2 N–H and O–H groups in total. The third kappa shape index (κ3) is 4.81. The minimum atomic E-state index is -0.828. The lowest BCUT2D eigenvalue weighted by atomic mass is 10.1. The Kier molecular flexibility index (Phi) is 5.73. The number of nitrogens with zero attached hydrogens (tertiary/aromatic N) is 2. The molecule has 2 aliphatic heterocycles. The highest BCUT2D eigenvalue weighted by molar-refractivity contribution is 5.74. The summed E-state index contributed by atoms with van der Waals surface area (Å²) in [6, 6.07) is 4.08. The van der Waals surface area contributed by atoms with Gasteiger partial charge < -0.3 is 20.4 Å². The van der Waals surface area contributed by atoms with Gasteiger partial charge in [0.05, 0.1) is 0 Å². The van der Waals surface area contributed by atoms with Crippen molar-refractivity contribution in [3.05, 3.63) is 29.8 Å². The second kappa shape index (κ2) is 7.99. The molecule has 0 unspecified atom stereocenters. The molecule has 0 spiro atoms.